The fourth-order valence-electron chi connectivity index (χ4n) is 2.35. The minimum atomic E-state index is 0.432. The van der Waals surface area contributed by atoms with Gasteiger partial charge in [0.05, 0.1) is 19.8 Å². The second-order valence-corrected chi connectivity index (χ2v) is 5.06. The van der Waals surface area contributed by atoms with Crippen LogP contribution in [0.3, 0.4) is 0 Å². The number of nitrogens with zero attached hydrogens (tertiary/aromatic N) is 1. The van der Waals surface area contributed by atoms with Crippen LogP contribution in [0.5, 0.6) is 0 Å². The molecule has 0 radical (unpaired) electrons. The molecule has 0 unspecified atom stereocenters. The summed E-state index contributed by atoms with van der Waals surface area (Å²) in [4.78, 5) is 1.41. The SMILES string of the molecule is Cc1ccc(-n2cccc2[C@@H](C[NH3+])[NH+](C)C)cc1. The van der Waals surface area contributed by atoms with Crippen molar-refractivity contribution < 1.29 is 10.6 Å². The molecule has 96 valence electrons. The van der Waals surface area contributed by atoms with E-state index in [4.69, 9.17) is 0 Å². The number of aryl methyl sites for hydroxylation is 1. The molecule has 2 aromatic rings. The number of quaternary nitrogens is 2. The molecule has 0 amide bonds. The van der Waals surface area contributed by atoms with Crippen LogP contribution in [0.15, 0.2) is 42.6 Å². The number of likely N-dealkylation sites (N-methyl/N-ethyl adjacent to an activating group) is 1. The normalized spacial score (nSPS) is 12.9. The summed E-state index contributed by atoms with van der Waals surface area (Å²) in [5, 5.41) is 0. The molecule has 0 saturated heterocycles. The van der Waals surface area contributed by atoms with Crippen LogP contribution in [0.2, 0.25) is 0 Å². The molecule has 1 heterocycles. The van der Waals surface area contributed by atoms with Gasteiger partial charge >= 0.3 is 0 Å². The second kappa shape index (κ2) is 5.38. The number of benzene rings is 1. The van der Waals surface area contributed by atoms with Gasteiger partial charge in [-0.25, -0.2) is 0 Å². The number of nitrogens with one attached hydrogen (secondary N) is 1. The number of aromatic nitrogens is 1. The highest BCUT2D eigenvalue weighted by Crippen LogP contribution is 2.17. The largest absolute Gasteiger partial charge is 0.352 e. The Balaban J connectivity index is 2.41. The maximum Gasteiger partial charge on any atom is 0.177 e. The van der Waals surface area contributed by atoms with Crippen molar-refractivity contribution in [2.45, 2.75) is 13.0 Å². The monoisotopic (exact) mass is 245 g/mol. The van der Waals surface area contributed by atoms with Crippen LogP contribution in [0.25, 0.3) is 5.69 Å². The zero-order valence-corrected chi connectivity index (χ0v) is 11.5. The van der Waals surface area contributed by atoms with E-state index >= 15 is 0 Å². The van der Waals surface area contributed by atoms with E-state index in [2.05, 4.69) is 73.9 Å². The summed E-state index contributed by atoms with van der Waals surface area (Å²) >= 11 is 0. The molecule has 3 nitrogen and oxygen atoms in total. The molecule has 0 spiro atoms. The van der Waals surface area contributed by atoms with Crippen LogP contribution >= 0.6 is 0 Å². The standard InChI is InChI=1S/C15H21N3/c1-12-6-8-13(9-7-12)18-10-4-5-14(18)15(11-16)17(2)3/h4-10,15H,11,16H2,1-3H3/p+2/t15-/m1/s1. The lowest BCUT2D eigenvalue weighted by atomic mass is 10.1. The van der Waals surface area contributed by atoms with E-state index in [0.29, 0.717) is 6.04 Å². The summed E-state index contributed by atoms with van der Waals surface area (Å²) in [5.41, 5.74) is 7.92. The molecule has 1 aromatic heterocycles. The van der Waals surface area contributed by atoms with Crippen LogP contribution in [0, 0.1) is 6.92 Å². The average Bonchev–Trinajstić information content (AvgIpc) is 2.79. The highest BCUT2D eigenvalue weighted by molar-refractivity contribution is 5.37. The lowest BCUT2D eigenvalue weighted by Crippen LogP contribution is -3.08. The topological polar surface area (TPSA) is 37.0 Å². The summed E-state index contributed by atoms with van der Waals surface area (Å²) in [6.07, 6.45) is 2.13. The van der Waals surface area contributed by atoms with Crippen LogP contribution in [0.4, 0.5) is 0 Å². The van der Waals surface area contributed by atoms with E-state index in [1.54, 1.807) is 0 Å². The second-order valence-electron chi connectivity index (χ2n) is 5.06. The molecule has 3 heteroatoms. The van der Waals surface area contributed by atoms with E-state index in [9.17, 15) is 0 Å². The van der Waals surface area contributed by atoms with Gasteiger partial charge in [0.2, 0.25) is 0 Å². The van der Waals surface area contributed by atoms with Gasteiger partial charge in [0.25, 0.3) is 0 Å². The molecule has 2 rings (SSSR count). The first-order chi connectivity index (χ1) is 8.63. The third-order valence-corrected chi connectivity index (χ3v) is 3.44. The Morgan fingerprint density at radius 2 is 1.83 bits per heavy atom. The van der Waals surface area contributed by atoms with Crippen LogP contribution in [-0.2, 0) is 0 Å². The number of rotatable bonds is 4. The van der Waals surface area contributed by atoms with E-state index in [-0.39, 0.29) is 0 Å². The molecule has 0 fully saturated rings. The van der Waals surface area contributed by atoms with Crippen molar-refractivity contribution >= 4 is 0 Å². The van der Waals surface area contributed by atoms with Gasteiger partial charge in [-0.15, -0.1) is 0 Å². The zero-order chi connectivity index (χ0) is 13.1. The van der Waals surface area contributed by atoms with Gasteiger partial charge in [0.15, 0.2) is 6.04 Å². The summed E-state index contributed by atoms with van der Waals surface area (Å²) in [6.45, 7) is 3.02. The molecule has 18 heavy (non-hydrogen) atoms. The highest BCUT2D eigenvalue weighted by atomic mass is 15.1. The van der Waals surface area contributed by atoms with E-state index in [1.807, 2.05) is 0 Å². The Morgan fingerprint density at radius 1 is 1.17 bits per heavy atom. The quantitative estimate of drug-likeness (QED) is 0.773. The Bertz CT molecular complexity index is 497. The van der Waals surface area contributed by atoms with Crippen molar-refractivity contribution in [3.8, 4) is 5.69 Å². The zero-order valence-electron chi connectivity index (χ0n) is 11.5. The molecule has 0 aliphatic carbocycles. The molecule has 0 aliphatic rings. The lowest BCUT2D eigenvalue weighted by Gasteiger charge is -2.20. The fourth-order valence-corrected chi connectivity index (χ4v) is 2.35. The van der Waals surface area contributed by atoms with Crippen molar-refractivity contribution in [3.63, 3.8) is 0 Å². The van der Waals surface area contributed by atoms with Crippen LogP contribution < -0.4 is 10.6 Å². The van der Waals surface area contributed by atoms with Gasteiger partial charge in [0, 0.05) is 11.9 Å². The van der Waals surface area contributed by atoms with Crippen molar-refractivity contribution in [3.05, 3.63) is 53.9 Å². The third-order valence-electron chi connectivity index (χ3n) is 3.44. The average molecular weight is 245 g/mol. The van der Waals surface area contributed by atoms with Crippen molar-refractivity contribution in [2.75, 3.05) is 20.6 Å². The highest BCUT2D eigenvalue weighted by Gasteiger charge is 2.21. The molecule has 0 bridgehead atoms. The maximum absolute atomic E-state index is 4.08. The van der Waals surface area contributed by atoms with Crippen molar-refractivity contribution in [1.82, 2.24) is 4.57 Å². The summed E-state index contributed by atoms with van der Waals surface area (Å²) in [7, 11) is 4.37. The first-order valence-corrected chi connectivity index (χ1v) is 6.47. The molecule has 1 aromatic carbocycles. The van der Waals surface area contributed by atoms with E-state index < -0.39 is 0 Å². The molecular formula is C15H23N3+2. The summed E-state index contributed by atoms with van der Waals surface area (Å²) in [5.74, 6) is 0. The lowest BCUT2D eigenvalue weighted by molar-refractivity contribution is -0.899. The Morgan fingerprint density at radius 3 is 2.39 bits per heavy atom. The third kappa shape index (κ3) is 2.47. The Hall–Kier alpha value is -1.58. The van der Waals surface area contributed by atoms with E-state index in [1.165, 1.54) is 21.8 Å². The van der Waals surface area contributed by atoms with Crippen LogP contribution in [-0.4, -0.2) is 25.2 Å². The smallest absolute Gasteiger partial charge is 0.177 e. The summed E-state index contributed by atoms with van der Waals surface area (Å²) < 4.78 is 2.27. The first kappa shape index (κ1) is 12.9. The minimum absolute atomic E-state index is 0.432. The molecule has 1 atom stereocenters. The molecule has 0 saturated carbocycles. The first-order valence-electron chi connectivity index (χ1n) is 6.47. The van der Waals surface area contributed by atoms with Crippen molar-refractivity contribution in [1.29, 1.82) is 0 Å². The maximum atomic E-state index is 4.08. The van der Waals surface area contributed by atoms with Gasteiger partial charge in [-0.05, 0) is 31.2 Å². The molecular weight excluding hydrogens is 222 g/mol. The predicted molar refractivity (Wildman–Crippen MR) is 73.8 cm³/mol. The van der Waals surface area contributed by atoms with Gasteiger partial charge in [-0.1, -0.05) is 17.7 Å². The molecule has 4 N–H and O–H groups in total. The number of hydrogen-bond acceptors (Lipinski definition) is 0. The minimum Gasteiger partial charge on any atom is -0.352 e. The van der Waals surface area contributed by atoms with Gasteiger partial charge in [-0.3, -0.25) is 0 Å². The van der Waals surface area contributed by atoms with Crippen LogP contribution in [0.1, 0.15) is 17.3 Å². The van der Waals surface area contributed by atoms with Gasteiger partial charge in [-0.2, -0.15) is 0 Å². The Kier molecular flexibility index (Phi) is 3.84. The van der Waals surface area contributed by atoms with Crippen molar-refractivity contribution in [2.24, 2.45) is 0 Å². The fraction of sp³-hybridized carbons (Fsp3) is 0.333. The predicted octanol–water partition coefficient (Wildman–Crippen LogP) is 0.213. The molecule has 0 aliphatic heterocycles. The Labute approximate surface area is 109 Å². The van der Waals surface area contributed by atoms with Gasteiger partial charge in [0.1, 0.15) is 6.54 Å². The summed E-state index contributed by atoms with van der Waals surface area (Å²) in [6, 6.07) is 13.4. The van der Waals surface area contributed by atoms with Gasteiger partial charge < -0.3 is 15.2 Å². The number of hydrogen-bond donors (Lipinski definition) is 2. The van der Waals surface area contributed by atoms with E-state index in [0.717, 1.165) is 6.54 Å².